The lowest BCUT2D eigenvalue weighted by Gasteiger charge is -2.27. The van der Waals surface area contributed by atoms with Crippen molar-refractivity contribution in [1.82, 2.24) is 20.1 Å². The maximum atomic E-state index is 12.4. The molecule has 1 aliphatic rings. The van der Waals surface area contributed by atoms with E-state index < -0.39 is 6.36 Å². The van der Waals surface area contributed by atoms with Gasteiger partial charge in [0.1, 0.15) is 12.1 Å². The predicted octanol–water partition coefficient (Wildman–Crippen LogP) is 8.07. The van der Waals surface area contributed by atoms with Crippen molar-refractivity contribution >= 4 is 39.9 Å². The first-order valence-corrected chi connectivity index (χ1v) is 16.1. The van der Waals surface area contributed by atoms with Gasteiger partial charge in [-0.1, -0.05) is 62.0 Å². The Labute approximate surface area is 270 Å². The molecule has 1 atom stereocenters. The van der Waals surface area contributed by atoms with Gasteiger partial charge >= 0.3 is 6.36 Å². The minimum Gasteiger partial charge on any atom is -0.406 e. The van der Waals surface area contributed by atoms with Crippen LogP contribution in [-0.2, 0) is 6.42 Å². The van der Waals surface area contributed by atoms with Crippen LogP contribution in [0.3, 0.4) is 0 Å². The molecule has 1 saturated heterocycles. The van der Waals surface area contributed by atoms with Crippen LogP contribution in [-0.4, -0.2) is 49.7 Å². The summed E-state index contributed by atoms with van der Waals surface area (Å²) in [4.78, 5) is 11.5. The summed E-state index contributed by atoms with van der Waals surface area (Å²) in [5.74, 6) is 1.60. The molecule has 1 aromatic heterocycles. The van der Waals surface area contributed by atoms with Crippen molar-refractivity contribution in [2.45, 2.75) is 58.9 Å². The van der Waals surface area contributed by atoms with E-state index >= 15 is 0 Å². The topological polar surface area (TPSA) is 67.6 Å². The Kier molecular flexibility index (Phi) is 10.1. The van der Waals surface area contributed by atoms with Gasteiger partial charge in [0, 0.05) is 29.6 Å². The molecule has 45 heavy (non-hydrogen) atoms. The molecule has 0 aliphatic carbocycles. The van der Waals surface area contributed by atoms with Crippen molar-refractivity contribution in [3.8, 4) is 22.8 Å². The number of hydrogen-bond acceptors (Lipinski definition) is 5. The Morgan fingerprint density at radius 2 is 1.84 bits per heavy atom. The highest BCUT2D eigenvalue weighted by Crippen LogP contribution is 2.36. The lowest BCUT2D eigenvalue weighted by Crippen LogP contribution is -2.34. The van der Waals surface area contributed by atoms with Crippen LogP contribution < -0.4 is 15.0 Å². The smallest absolute Gasteiger partial charge is 0.406 e. The molecule has 1 N–H and O–H groups in total. The summed E-state index contributed by atoms with van der Waals surface area (Å²) in [5, 5.41) is 9.20. The second-order valence-electron chi connectivity index (χ2n) is 11.2. The van der Waals surface area contributed by atoms with Gasteiger partial charge in [0.15, 0.2) is 16.1 Å². The third kappa shape index (κ3) is 8.43. The molecule has 0 saturated carbocycles. The number of aromatic nitrogens is 3. The van der Waals surface area contributed by atoms with Gasteiger partial charge in [-0.05, 0) is 91.8 Å². The number of rotatable bonds is 9. The summed E-state index contributed by atoms with van der Waals surface area (Å²) < 4.78 is 42.7. The zero-order valence-corrected chi connectivity index (χ0v) is 27.1. The highest BCUT2D eigenvalue weighted by Gasteiger charge is 2.31. The van der Waals surface area contributed by atoms with Crippen LogP contribution >= 0.6 is 24.0 Å². The van der Waals surface area contributed by atoms with Gasteiger partial charge in [-0.3, -0.25) is 0 Å². The largest absolute Gasteiger partial charge is 0.573 e. The van der Waals surface area contributed by atoms with E-state index in [0.717, 1.165) is 29.3 Å². The first kappa shape index (κ1) is 32.5. The average Bonchev–Trinajstić information content (AvgIpc) is 3.62. The molecule has 12 heteroatoms. The molecule has 4 aromatic rings. The number of ether oxygens (including phenoxy) is 1. The van der Waals surface area contributed by atoms with Crippen molar-refractivity contribution in [2.24, 2.45) is 4.99 Å². The van der Waals surface area contributed by atoms with Gasteiger partial charge in [0.25, 0.3) is 0 Å². The van der Waals surface area contributed by atoms with E-state index in [9.17, 15) is 13.2 Å². The Balaban J connectivity index is 1.13. The predicted molar refractivity (Wildman–Crippen MR) is 180 cm³/mol. The number of nitrogens with one attached hydrogen (secondary N) is 1. The molecule has 5 rings (SSSR count). The SMILES string of the molecule is Cc1ccc(C(C)C)c(N2C(=NC(=S)NCCCc3ccc(-c4ncn(-c5ccc(OC(F)(F)F)cc5)n4)cc3)SCC2C)c1. The highest BCUT2D eigenvalue weighted by atomic mass is 32.2. The lowest BCUT2D eigenvalue weighted by molar-refractivity contribution is -0.274. The molecular formula is C33H35F3N6OS2. The molecule has 1 aliphatic heterocycles. The molecule has 236 valence electrons. The van der Waals surface area contributed by atoms with Gasteiger partial charge in [-0.2, -0.15) is 4.99 Å². The zero-order valence-electron chi connectivity index (χ0n) is 25.5. The number of nitrogens with zero attached hydrogens (tertiary/aromatic N) is 5. The van der Waals surface area contributed by atoms with Gasteiger partial charge in [0.05, 0.1) is 5.69 Å². The second-order valence-corrected chi connectivity index (χ2v) is 12.6. The number of alkyl halides is 3. The monoisotopic (exact) mass is 652 g/mol. The minimum atomic E-state index is -4.73. The van der Waals surface area contributed by atoms with Gasteiger partial charge in [-0.15, -0.1) is 18.3 Å². The molecule has 2 heterocycles. The van der Waals surface area contributed by atoms with E-state index in [0.29, 0.717) is 35.1 Å². The van der Waals surface area contributed by atoms with Crippen LogP contribution in [0.2, 0.25) is 0 Å². The third-order valence-corrected chi connectivity index (χ3v) is 8.75. The fourth-order valence-corrected chi connectivity index (χ4v) is 6.42. The molecule has 0 radical (unpaired) electrons. The Morgan fingerprint density at radius 3 is 2.53 bits per heavy atom. The molecular weight excluding hydrogens is 618 g/mol. The summed E-state index contributed by atoms with van der Waals surface area (Å²) in [7, 11) is 0. The highest BCUT2D eigenvalue weighted by molar-refractivity contribution is 8.14. The normalized spacial score (nSPS) is 16.0. The first-order valence-electron chi connectivity index (χ1n) is 14.7. The van der Waals surface area contributed by atoms with E-state index in [1.807, 2.05) is 24.3 Å². The van der Waals surface area contributed by atoms with E-state index in [1.165, 1.54) is 57.7 Å². The van der Waals surface area contributed by atoms with Crippen molar-refractivity contribution in [1.29, 1.82) is 0 Å². The summed E-state index contributed by atoms with van der Waals surface area (Å²) in [6.45, 7) is 9.49. The van der Waals surface area contributed by atoms with Gasteiger partial charge in [0.2, 0.25) is 0 Å². The number of aliphatic imine (C=N–C) groups is 1. The van der Waals surface area contributed by atoms with E-state index in [1.54, 1.807) is 11.8 Å². The fraction of sp³-hybridized carbons (Fsp3) is 0.333. The standard InChI is InChI=1S/C33H35F3N6OS2/c1-21(2)28-16-7-22(3)18-29(28)42-23(4)19-45-32(42)39-31(44)37-17-5-6-24-8-10-25(11-9-24)30-38-20-41(40-30)26-12-14-27(15-13-26)43-33(34,35)36/h7-16,18,20-21,23H,5-6,17,19H2,1-4H3,(H,37,44). The third-order valence-electron chi connectivity index (χ3n) is 7.32. The second kappa shape index (κ2) is 14.0. The number of benzene rings is 3. The Bertz CT molecular complexity index is 1650. The average molecular weight is 653 g/mol. The molecule has 0 amide bonds. The fourth-order valence-electron chi connectivity index (χ4n) is 5.06. The number of hydrogen-bond donors (Lipinski definition) is 1. The maximum Gasteiger partial charge on any atom is 0.573 e. The van der Waals surface area contributed by atoms with Gasteiger partial charge in [-0.25, -0.2) is 9.67 Å². The maximum absolute atomic E-state index is 12.4. The first-order chi connectivity index (χ1) is 21.5. The molecule has 3 aromatic carbocycles. The van der Waals surface area contributed by atoms with Crippen LogP contribution in [0, 0.1) is 6.92 Å². The molecule has 1 fully saturated rings. The molecule has 0 bridgehead atoms. The lowest BCUT2D eigenvalue weighted by atomic mass is 9.98. The number of aryl methyl sites for hydroxylation is 2. The summed E-state index contributed by atoms with van der Waals surface area (Å²) >= 11 is 7.34. The van der Waals surface area contributed by atoms with E-state index in [-0.39, 0.29) is 5.75 Å². The van der Waals surface area contributed by atoms with E-state index in [4.69, 9.17) is 17.2 Å². The minimum absolute atomic E-state index is 0.292. The number of thioether (sulfide) groups is 1. The quantitative estimate of drug-likeness (QED) is 0.145. The summed E-state index contributed by atoms with van der Waals surface area (Å²) in [6, 6.07) is 20.4. The number of thiocarbonyl (C=S) groups is 1. The van der Waals surface area contributed by atoms with Crippen LogP contribution in [0.4, 0.5) is 18.9 Å². The van der Waals surface area contributed by atoms with Gasteiger partial charge < -0.3 is 15.0 Å². The van der Waals surface area contributed by atoms with Crippen molar-refractivity contribution in [2.75, 3.05) is 17.2 Å². The number of halogens is 3. The number of anilines is 1. The van der Waals surface area contributed by atoms with Crippen LogP contribution in [0.1, 0.15) is 49.8 Å². The van der Waals surface area contributed by atoms with Crippen LogP contribution in [0.25, 0.3) is 17.1 Å². The summed E-state index contributed by atoms with van der Waals surface area (Å²) in [6.07, 6.45) is -1.47. The molecule has 7 nitrogen and oxygen atoms in total. The van der Waals surface area contributed by atoms with Crippen LogP contribution in [0.5, 0.6) is 5.75 Å². The number of amidine groups is 1. The van der Waals surface area contributed by atoms with E-state index in [2.05, 4.69) is 70.9 Å². The molecule has 0 spiro atoms. The van der Waals surface area contributed by atoms with Crippen molar-refractivity contribution in [3.05, 3.63) is 89.7 Å². The Morgan fingerprint density at radius 1 is 1.11 bits per heavy atom. The molecule has 1 unspecified atom stereocenters. The van der Waals surface area contributed by atoms with Crippen molar-refractivity contribution < 1.29 is 17.9 Å². The van der Waals surface area contributed by atoms with Crippen LogP contribution in [0.15, 0.2) is 78.0 Å². The summed E-state index contributed by atoms with van der Waals surface area (Å²) in [5.41, 5.74) is 6.33. The Hall–Kier alpha value is -3.90. The van der Waals surface area contributed by atoms with Crippen molar-refractivity contribution in [3.63, 3.8) is 0 Å². The zero-order chi connectivity index (χ0) is 32.1.